The molecule has 0 bridgehead atoms. The molecular weight excluding hydrogens is 360 g/mol. The van der Waals surface area contributed by atoms with Crippen molar-refractivity contribution in [3.05, 3.63) is 53.6 Å². The Balaban J connectivity index is 1.84. The molecule has 0 heterocycles. The summed E-state index contributed by atoms with van der Waals surface area (Å²) in [7, 11) is 3.00. The molecule has 0 atom stereocenters. The quantitative estimate of drug-likeness (QED) is 0.508. The molecular formula is C22H26O6. The van der Waals surface area contributed by atoms with E-state index in [1.165, 1.54) is 19.8 Å². The van der Waals surface area contributed by atoms with Crippen molar-refractivity contribution in [2.45, 2.75) is 26.2 Å². The van der Waals surface area contributed by atoms with Crippen LogP contribution >= 0.6 is 0 Å². The third-order valence-electron chi connectivity index (χ3n) is 4.15. The Morgan fingerprint density at radius 3 is 2.07 bits per heavy atom. The van der Waals surface area contributed by atoms with E-state index in [0.717, 1.165) is 0 Å². The van der Waals surface area contributed by atoms with Gasteiger partial charge in [0.25, 0.3) is 0 Å². The van der Waals surface area contributed by atoms with Gasteiger partial charge in [0.2, 0.25) is 0 Å². The first kappa shape index (κ1) is 21.3. The normalized spacial score (nSPS) is 10.9. The van der Waals surface area contributed by atoms with Crippen LogP contribution in [0.2, 0.25) is 0 Å². The van der Waals surface area contributed by atoms with E-state index in [0.29, 0.717) is 22.8 Å². The van der Waals surface area contributed by atoms with Crippen molar-refractivity contribution in [3.8, 4) is 17.2 Å². The Kier molecular flexibility index (Phi) is 7.04. The number of carbonyl (C=O) groups excluding carboxylic acids is 2. The van der Waals surface area contributed by atoms with Gasteiger partial charge in [0, 0.05) is 5.56 Å². The minimum atomic E-state index is -0.617. The summed E-state index contributed by atoms with van der Waals surface area (Å²) in [5, 5.41) is 0. The Labute approximate surface area is 165 Å². The van der Waals surface area contributed by atoms with Crippen LogP contribution in [0.4, 0.5) is 0 Å². The van der Waals surface area contributed by atoms with Crippen LogP contribution < -0.4 is 14.2 Å². The first-order valence-corrected chi connectivity index (χ1v) is 8.89. The van der Waals surface area contributed by atoms with Gasteiger partial charge in [-0.15, -0.1) is 0 Å². The minimum absolute atomic E-state index is 0.0436. The molecule has 0 amide bonds. The van der Waals surface area contributed by atoms with Gasteiger partial charge in [-0.3, -0.25) is 4.79 Å². The van der Waals surface area contributed by atoms with Gasteiger partial charge in [-0.25, -0.2) is 4.79 Å². The second-order valence-electron chi connectivity index (χ2n) is 7.22. The third kappa shape index (κ3) is 5.74. The molecule has 2 rings (SSSR count). The lowest BCUT2D eigenvalue weighted by Gasteiger charge is -2.19. The molecule has 2 aromatic carbocycles. The summed E-state index contributed by atoms with van der Waals surface area (Å²) in [5.74, 6) is 0.553. The van der Waals surface area contributed by atoms with Crippen molar-refractivity contribution < 1.29 is 28.5 Å². The fraction of sp³-hybridized carbons (Fsp3) is 0.364. The second kappa shape index (κ2) is 9.26. The molecule has 0 spiro atoms. The van der Waals surface area contributed by atoms with E-state index in [4.69, 9.17) is 18.9 Å². The number of ketones is 1. The summed E-state index contributed by atoms with van der Waals surface area (Å²) in [4.78, 5) is 24.1. The van der Waals surface area contributed by atoms with Crippen molar-refractivity contribution >= 4 is 11.8 Å². The van der Waals surface area contributed by atoms with Crippen LogP contribution in [0.3, 0.4) is 0 Å². The van der Waals surface area contributed by atoms with Crippen molar-refractivity contribution in [3.63, 3.8) is 0 Å². The third-order valence-corrected chi connectivity index (χ3v) is 4.15. The number of rotatable bonds is 8. The van der Waals surface area contributed by atoms with Crippen molar-refractivity contribution in [1.82, 2.24) is 0 Å². The highest BCUT2D eigenvalue weighted by Crippen LogP contribution is 2.27. The highest BCUT2D eigenvalue weighted by atomic mass is 16.6. The van der Waals surface area contributed by atoms with Gasteiger partial charge in [-0.05, 0) is 41.3 Å². The zero-order valence-corrected chi connectivity index (χ0v) is 16.9. The second-order valence-corrected chi connectivity index (χ2v) is 7.22. The zero-order chi connectivity index (χ0) is 20.7. The minimum Gasteiger partial charge on any atom is -0.493 e. The van der Waals surface area contributed by atoms with Gasteiger partial charge in [0.15, 0.2) is 30.5 Å². The number of hydrogen-bond acceptors (Lipinski definition) is 6. The first-order chi connectivity index (χ1) is 13.2. The average molecular weight is 386 g/mol. The average Bonchev–Trinajstić information content (AvgIpc) is 2.69. The van der Waals surface area contributed by atoms with Crippen molar-refractivity contribution in [2.75, 3.05) is 27.4 Å². The highest BCUT2D eigenvalue weighted by molar-refractivity contribution is 5.98. The van der Waals surface area contributed by atoms with Crippen LogP contribution in [0.25, 0.3) is 0 Å². The molecule has 0 unspecified atom stereocenters. The van der Waals surface area contributed by atoms with Crippen LogP contribution in [-0.4, -0.2) is 39.2 Å². The number of benzene rings is 2. The number of ether oxygens (including phenoxy) is 4. The highest BCUT2D eigenvalue weighted by Gasteiger charge is 2.15. The van der Waals surface area contributed by atoms with Crippen LogP contribution in [-0.2, 0) is 14.9 Å². The molecule has 0 fully saturated rings. The lowest BCUT2D eigenvalue weighted by Crippen LogP contribution is -2.19. The molecule has 0 radical (unpaired) electrons. The molecule has 0 aliphatic carbocycles. The van der Waals surface area contributed by atoms with E-state index in [1.54, 1.807) is 18.2 Å². The van der Waals surface area contributed by atoms with Crippen LogP contribution in [0, 0.1) is 0 Å². The largest absolute Gasteiger partial charge is 0.493 e. The van der Waals surface area contributed by atoms with E-state index in [1.807, 2.05) is 24.3 Å². The topological polar surface area (TPSA) is 71.1 Å². The molecule has 0 aromatic heterocycles. The Morgan fingerprint density at radius 2 is 1.50 bits per heavy atom. The summed E-state index contributed by atoms with van der Waals surface area (Å²) in [6, 6.07) is 12.3. The van der Waals surface area contributed by atoms with Crippen LogP contribution in [0.1, 0.15) is 36.7 Å². The maximum Gasteiger partial charge on any atom is 0.344 e. The summed E-state index contributed by atoms with van der Waals surface area (Å²) in [5.41, 5.74) is 1.58. The number of Topliss-reactive ketones (excluding diaryl/α,β-unsaturated/α-hetero) is 1. The Morgan fingerprint density at radius 1 is 0.857 bits per heavy atom. The number of hydrogen-bond donors (Lipinski definition) is 0. The van der Waals surface area contributed by atoms with Gasteiger partial charge in [-0.2, -0.15) is 0 Å². The Hall–Kier alpha value is -3.02. The van der Waals surface area contributed by atoms with Gasteiger partial charge in [-0.1, -0.05) is 32.9 Å². The summed E-state index contributed by atoms with van der Waals surface area (Å²) < 4.78 is 20.7. The number of carbonyl (C=O) groups is 2. The monoisotopic (exact) mass is 386 g/mol. The molecule has 6 nitrogen and oxygen atoms in total. The van der Waals surface area contributed by atoms with Gasteiger partial charge < -0.3 is 18.9 Å². The molecule has 6 heteroatoms. The van der Waals surface area contributed by atoms with E-state index in [-0.39, 0.29) is 24.4 Å². The Bertz CT molecular complexity index is 818. The zero-order valence-electron chi connectivity index (χ0n) is 16.9. The lowest BCUT2D eigenvalue weighted by atomic mass is 9.87. The van der Waals surface area contributed by atoms with Gasteiger partial charge >= 0.3 is 5.97 Å². The number of esters is 1. The predicted molar refractivity (Wildman–Crippen MR) is 105 cm³/mol. The summed E-state index contributed by atoms with van der Waals surface area (Å²) >= 11 is 0. The van der Waals surface area contributed by atoms with E-state index in [9.17, 15) is 9.59 Å². The molecule has 0 saturated carbocycles. The lowest BCUT2D eigenvalue weighted by molar-refractivity contribution is -0.144. The maximum absolute atomic E-state index is 12.2. The number of methoxy groups -OCH3 is 2. The summed E-state index contributed by atoms with van der Waals surface area (Å²) in [6.07, 6.45) is 0. The molecule has 28 heavy (non-hydrogen) atoms. The molecule has 0 N–H and O–H groups in total. The molecule has 0 saturated heterocycles. The van der Waals surface area contributed by atoms with Crippen LogP contribution in [0.15, 0.2) is 42.5 Å². The standard InChI is InChI=1S/C22H26O6/c1-22(2,3)16-7-9-17(10-8-16)27-14-21(24)28-13-18(23)15-6-11-19(25-4)20(12-15)26-5/h6-12H,13-14H2,1-5H3. The van der Waals surface area contributed by atoms with Crippen molar-refractivity contribution in [1.29, 1.82) is 0 Å². The smallest absolute Gasteiger partial charge is 0.344 e. The van der Waals surface area contributed by atoms with Gasteiger partial charge in [0.05, 0.1) is 14.2 Å². The van der Waals surface area contributed by atoms with Crippen molar-refractivity contribution in [2.24, 2.45) is 0 Å². The first-order valence-electron chi connectivity index (χ1n) is 8.89. The maximum atomic E-state index is 12.2. The van der Waals surface area contributed by atoms with Crippen LogP contribution in [0.5, 0.6) is 17.2 Å². The fourth-order valence-electron chi connectivity index (χ4n) is 2.47. The van der Waals surface area contributed by atoms with E-state index >= 15 is 0 Å². The molecule has 150 valence electrons. The predicted octanol–water partition coefficient (Wildman–Crippen LogP) is 3.81. The molecule has 2 aromatic rings. The van der Waals surface area contributed by atoms with E-state index in [2.05, 4.69) is 20.8 Å². The SMILES string of the molecule is COc1ccc(C(=O)COC(=O)COc2ccc(C(C)(C)C)cc2)cc1OC. The van der Waals surface area contributed by atoms with E-state index < -0.39 is 5.97 Å². The fourth-order valence-corrected chi connectivity index (χ4v) is 2.47. The van der Waals surface area contributed by atoms with Gasteiger partial charge in [0.1, 0.15) is 5.75 Å². The summed E-state index contributed by atoms with van der Waals surface area (Å²) in [6.45, 7) is 5.72. The molecule has 0 aliphatic rings. The molecule has 0 aliphatic heterocycles.